The molecule has 1 aromatic carbocycles. The Morgan fingerprint density at radius 2 is 1.86 bits per heavy atom. The van der Waals surface area contributed by atoms with Crippen molar-refractivity contribution >= 4 is 20.1 Å². The molecule has 0 amide bonds. The maximum Gasteiger partial charge on any atom is 0.100 e. The number of likely N-dealkylation sites (N-methyl/N-ethyl adjacent to an activating group) is 1. The van der Waals surface area contributed by atoms with Crippen molar-refractivity contribution in [2.45, 2.75) is 12.5 Å². The van der Waals surface area contributed by atoms with E-state index in [0.717, 1.165) is 6.23 Å². The average molecular weight is 319 g/mol. The number of nitrogens with zero attached hydrogens (tertiary/aromatic N) is 2. The third-order valence-corrected chi connectivity index (χ3v) is 7.80. The van der Waals surface area contributed by atoms with Crippen LogP contribution in [0.1, 0.15) is 12.0 Å². The molecule has 1 aromatic rings. The summed E-state index contributed by atoms with van der Waals surface area (Å²) < 4.78 is 5.49. The summed E-state index contributed by atoms with van der Waals surface area (Å²) in [5.41, 5.74) is 1.20. The highest BCUT2D eigenvalue weighted by Crippen LogP contribution is 2.06. The van der Waals surface area contributed by atoms with E-state index in [1.807, 2.05) is 13.2 Å². The van der Waals surface area contributed by atoms with E-state index in [1.165, 1.54) is 55.9 Å². The van der Waals surface area contributed by atoms with Crippen LogP contribution >= 0.6 is 0 Å². The van der Waals surface area contributed by atoms with Gasteiger partial charge < -0.3 is 14.5 Å². The van der Waals surface area contributed by atoms with Crippen molar-refractivity contribution in [1.29, 1.82) is 0 Å². The molecule has 0 aliphatic carbocycles. The molecule has 1 saturated heterocycles. The van der Waals surface area contributed by atoms with Crippen molar-refractivity contribution in [2.24, 2.45) is 0 Å². The summed E-state index contributed by atoms with van der Waals surface area (Å²) >= 11 is 0. The average Bonchev–Trinajstić information content (AvgIpc) is 2.56. The molecule has 0 saturated carbocycles. The van der Waals surface area contributed by atoms with Gasteiger partial charge >= 0.3 is 0 Å². The van der Waals surface area contributed by atoms with Gasteiger partial charge in [0, 0.05) is 39.5 Å². The molecule has 0 bridgehead atoms. The van der Waals surface area contributed by atoms with Gasteiger partial charge in [-0.3, -0.25) is 0 Å². The summed E-state index contributed by atoms with van der Waals surface area (Å²) in [6.45, 7) is 9.94. The second-order valence-corrected chi connectivity index (χ2v) is 9.28. The van der Waals surface area contributed by atoms with Gasteiger partial charge in [-0.2, -0.15) is 0 Å². The summed E-state index contributed by atoms with van der Waals surface area (Å²) in [5, 5.41) is 1.52. The summed E-state index contributed by atoms with van der Waals surface area (Å²) in [5.74, 6) is 0. The van der Waals surface area contributed by atoms with Crippen molar-refractivity contribution in [3.8, 4) is 0 Å². The summed E-state index contributed by atoms with van der Waals surface area (Å²) in [4.78, 5) is 5.03. The van der Waals surface area contributed by atoms with E-state index in [1.54, 1.807) is 0 Å². The Labute approximate surface area is 137 Å². The standard InChI is InChI=1S/C18H30N2OSi/c1-4-17-6-8-18(9-7-17)22(16-21-3)15-5-10-20-13-11-19(2)12-14-20/h4,6-9,22H,1,5,10-16H2,2-3H3. The first-order valence-corrected chi connectivity index (χ1v) is 10.6. The number of hydrogen-bond donors (Lipinski definition) is 0. The van der Waals surface area contributed by atoms with Crippen molar-refractivity contribution in [1.82, 2.24) is 9.80 Å². The smallest absolute Gasteiger partial charge is 0.100 e. The Morgan fingerprint density at radius 3 is 2.45 bits per heavy atom. The van der Waals surface area contributed by atoms with E-state index in [9.17, 15) is 0 Å². The Kier molecular flexibility index (Phi) is 7.32. The first-order valence-electron chi connectivity index (χ1n) is 8.35. The fraction of sp³-hybridized carbons (Fsp3) is 0.556. The van der Waals surface area contributed by atoms with Crippen LogP contribution in [-0.2, 0) is 4.74 Å². The van der Waals surface area contributed by atoms with Gasteiger partial charge in [0.1, 0.15) is 8.80 Å². The predicted molar refractivity (Wildman–Crippen MR) is 98.6 cm³/mol. The molecule has 0 spiro atoms. The molecule has 22 heavy (non-hydrogen) atoms. The SMILES string of the molecule is C=Cc1ccc([SiH](CCCN2CCN(C)CC2)COC)cc1. The molecule has 2 rings (SSSR count). The molecule has 1 heterocycles. The van der Waals surface area contributed by atoms with Gasteiger partial charge in [0.15, 0.2) is 0 Å². The van der Waals surface area contributed by atoms with Crippen LogP contribution in [0.15, 0.2) is 30.8 Å². The Morgan fingerprint density at radius 1 is 1.18 bits per heavy atom. The van der Waals surface area contributed by atoms with Crippen LogP contribution in [0.25, 0.3) is 6.08 Å². The van der Waals surface area contributed by atoms with Crippen LogP contribution in [0.4, 0.5) is 0 Å². The van der Waals surface area contributed by atoms with Crippen LogP contribution in [-0.4, -0.2) is 71.7 Å². The predicted octanol–water partition coefficient (Wildman–Crippen LogP) is 1.59. The monoisotopic (exact) mass is 318 g/mol. The second-order valence-electron chi connectivity index (χ2n) is 6.31. The van der Waals surface area contributed by atoms with Gasteiger partial charge in [-0.1, -0.05) is 48.2 Å². The number of hydrogen-bond acceptors (Lipinski definition) is 3. The Balaban J connectivity index is 1.81. The molecule has 1 aliphatic heterocycles. The van der Waals surface area contributed by atoms with Gasteiger partial charge in [0.05, 0.1) is 0 Å². The zero-order chi connectivity index (χ0) is 15.8. The number of rotatable bonds is 8. The van der Waals surface area contributed by atoms with Crippen LogP contribution in [0, 0.1) is 0 Å². The summed E-state index contributed by atoms with van der Waals surface area (Å²) in [6.07, 6.45) is 4.15. The lowest BCUT2D eigenvalue weighted by atomic mass is 10.2. The summed E-state index contributed by atoms with van der Waals surface area (Å²) in [7, 11) is 3.04. The quantitative estimate of drug-likeness (QED) is 0.677. The fourth-order valence-corrected chi connectivity index (χ4v) is 5.59. The molecular formula is C18H30N2OSi. The Bertz CT molecular complexity index is 441. The molecule has 1 unspecified atom stereocenters. The minimum atomic E-state index is -1.00. The van der Waals surface area contributed by atoms with Crippen LogP contribution < -0.4 is 5.19 Å². The van der Waals surface area contributed by atoms with E-state index >= 15 is 0 Å². The molecule has 1 aliphatic rings. The van der Waals surface area contributed by atoms with Gasteiger partial charge in [-0.05, 0) is 25.6 Å². The lowest BCUT2D eigenvalue weighted by molar-refractivity contribution is 0.154. The molecule has 0 aromatic heterocycles. The molecule has 122 valence electrons. The van der Waals surface area contributed by atoms with Crippen LogP contribution in [0.2, 0.25) is 6.04 Å². The molecule has 3 nitrogen and oxygen atoms in total. The highest BCUT2D eigenvalue weighted by atomic mass is 28.3. The van der Waals surface area contributed by atoms with Gasteiger partial charge in [0.2, 0.25) is 0 Å². The third kappa shape index (κ3) is 5.36. The number of benzene rings is 1. The normalized spacial score (nSPS) is 18.3. The van der Waals surface area contributed by atoms with E-state index in [-0.39, 0.29) is 0 Å². The molecule has 0 radical (unpaired) electrons. The molecule has 4 heteroatoms. The van der Waals surface area contributed by atoms with Crippen LogP contribution in [0.3, 0.4) is 0 Å². The first kappa shape index (κ1) is 17.4. The highest BCUT2D eigenvalue weighted by molar-refractivity contribution is 6.73. The van der Waals surface area contributed by atoms with Gasteiger partial charge in [0.25, 0.3) is 0 Å². The molecule has 0 N–H and O–H groups in total. The number of methoxy groups -OCH3 is 1. The van der Waals surface area contributed by atoms with Crippen molar-refractivity contribution in [3.05, 3.63) is 36.4 Å². The highest BCUT2D eigenvalue weighted by Gasteiger charge is 2.16. The van der Waals surface area contributed by atoms with E-state index in [2.05, 4.69) is 47.7 Å². The lowest BCUT2D eigenvalue weighted by Crippen LogP contribution is -2.45. The van der Waals surface area contributed by atoms with Gasteiger partial charge in [-0.15, -0.1) is 0 Å². The minimum absolute atomic E-state index is 0.941. The minimum Gasteiger partial charge on any atom is -0.388 e. The number of ether oxygens (including phenoxy) is 1. The van der Waals surface area contributed by atoms with Crippen molar-refractivity contribution in [2.75, 3.05) is 53.1 Å². The molecule has 1 atom stereocenters. The maximum atomic E-state index is 5.49. The number of piperazine rings is 1. The topological polar surface area (TPSA) is 15.7 Å². The van der Waals surface area contributed by atoms with Gasteiger partial charge in [-0.25, -0.2) is 0 Å². The third-order valence-electron chi connectivity index (χ3n) is 4.63. The zero-order valence-corrected chi connectivity index (χ0v) is 15.3. The Hall–Kier alpha value is -0.943. The zero-order valence-electron chi connectivity index (χ0n) is 14.1. The van der Waals surface area contributed by atoms with E-state index < -0.39 is 8.80 Å². The van der Waals surface area contributed by atoms with E-state index in [4.69, 9.17) is 4.74 Å². The van der Waals surface area contributed by atoms with Crippen molar-refractivity contribution < 1.29 is 4.74 Å². The first-order chi connectivity index (χ1) is 10.7. The fourth-order valence-electron chi connectivity index (χ4n) is 3.08. The van der Waals surface area contributed by atoms with Crippen molar-refractivity contribution in [3.63, 3.8) is 0 Å². The second kappa shape index (κ2) is 9.25. The largest absolute Gasteiger partial charge is 0.388 e. The summed E-state index contributed by atoms with van der Waals surface area (Å²) in [6, 6.07) is 10.2. The lowest BCUT2D eigenvalue weighted by Gasteiger charge is -2.32. The maximum absolute atomic E-state index is 5.49. The van der Waals surface area contributed by atoms with Crippen LogP contribution in [0.5, 0.6) is 0 Å². The van der Waals surface area contributed by atoms with E-state index in [0.29, 0.717) is 0 Å². The molecular weight excluding hydrogens is 288 g/mol. The molecule has 1 fully saturated rings.